The number of nitrogens with one attached hydrogen (secondary N) is 1. The summed E-state index contributed by atoms with van der Waals surface area (Å²) < 4.78 is 26.5. The molecule has 8 heteroatoms. The molecule has 2 rings (SSSR count). The molecule has 1 saturated heterocycles. The number of hydrogen-bond acceptors (Lipinski definition) is 5. The van der Waals surface area contributed by atoms with Gasteiger partial charge in [-0.25, -0.2) is 8.42 Å². The summed E-state index contributed by atoms with van der Waals surface area (Å²) in [5.41, 5.74) is 0.350. The number of aliphatic hydroxyl groups is 1. The number of sulfonamides is 1. The zero-order chi connectivity index (χ0) is 15.0. The number of hydrogen-bond donors (Lipinski definition) is 2. The Morgan fingerprint density at radius 3 is 2.40 bits per heavy atom. The van der Waals surface area contributed by atoms with Crippen molar-refractivity contribution in [2.45, 2.75) is 37.9 Å². The third kappa shape index (κ3) is 2.88. The Morgan fingerprint density at radius 1 is 1.30 bits per heavy atom. The molecule has 2 heterocycles. The maximum Gasteiger partial charge on any atom is 0.260 e. The van der Waals surface area contributed by atoms with Crippen LogP contribution in [0.4, 0.5) is 0 Å². The number of piperazine rings is 1. The van der Waals surface area contributed by atoms with E-state index in [0.29, 0.717) is 31.7 Å². The zero-order valence-corrected chi connectivity index (χ0v) is 12.9. The molecule has 7 nitrogen and oxygen atoms in total. The smallest absolute Gasteiger partial charge is 0.260 e. The minimum Gasteiger partial charge on any atom is -0.392 e. The van der Waals surface area contributed by atoms with Gasteiger partial charge < -0.3 is 5.11 Å². The molecule has 2 N–H and O–H groups in total. The number of nitrogens with zero attached hydrogens (tertiary/aromatic N) is 3. The Labute approximate surface area is 119 Å². The highest BCUT2D eigenvalue weighted by Gasteiger charge is 2.34. The van der Waals surface area contributed by atoms with Crippen LogP contribution in [0.3, 0.4) is 0 Å². The van der Waals surface area contributed by atoms with Gasteiger partial charge in [0.1, 0.15) is 0 Å². The predicted molar refractivity (Wildman–Crippen MR) is 74.6 cm³/mol. The molecule has 0 radical (unpaired) electrons. The fourth-order valence-corrected chi connectivity index (χ4v) is 3.88. The third-order valence-electron chi connectivity index (χ3n) is 3.63. The summed E-state index contributed by atoms with van der Waals surface area (Å²) in [6, 6.07) is 0. The van der Waals surface area contributed by atoms with Crippen LogP contribution in [-0.2, 0) is 16.6 Å². The van der Waals surface area contributed by atoms with E-state index in [4.69, 9.17) is 5.11 Å². The number of H-pyrrole nitrogens is 1. The molecule has 0 saturated carbocycles. The quantitative estimate of drug-likeness (QED) is 0.821. The summed E-state index contributed by atoms with van der Waals surface area (Å²) in [4.78, 5) is 2.26. The first kappa shape index (κ1) is 15.4. The summed E-state index contributed by atoms with van der Waals surface area (Å²) in [6.07, 6.45) is 1.35. The van der Waals surface area contributed by atoms with E-state index in [1.165, 1.54) is 10.5 Å². The Balaban J connectivity index is 2.14. The second-order valence-electron chi connectivity index (χ2n) is 5.94. The van der Waals surface area contributed by atoms with Crippen LogP contribution in [0, 0.1) is 0 Å². The summed E-state index contributed by atoms with van der Waals surface area (Å²) >= 11 is 0. The van der Waals surface area contributed by atoms with Gasteiger partial charge in [-0.1, -0.05) is 0 Å². The standard InChI is InChI=1S/C12H22N4O3S/c1-12(2,3)15-4-6-16(7-5-15)20(18,19)11-10(9-17)8-13-14-11/h8,17H,4-7,9H2,1-3H3,(H,13,14). The SMILES string of the molecule is CC(C)(C)N1CCN(S(=O)(=O)c2[nH]ncc2CO)CC1. The molecule has 114 valence electrons. The van der Waals surface area contributed by atoms with Gasteiger partial charge in [-0.3, -0.25) is 10.00 Å². The van der Waals surface area contributed by atoms with Crippen molar-refractivity contribution in [2.24, 2.45) is 0 Å². The summed E-state index contributed by atoms with van der Waals surface area (Å²) in [5, 5.41) is 15.4. The van der Waals surface area contributed by atoms with Gasteiger partial charge in [0.2, 0.25) is 0 Å². The topological polar surface area (TPSA) is 89.5 Å². The van der Waals surface area contributed by atoms with Crippen LogP contribution in [0.5, 0.6) is 0 Å². The van der Waals surface area contributed by atoms with Crippen molar-refractivity contribution in [3.05, 3.63) is 11.8 Å². The van der Waals surface area contributed by atoms with E-state index in [1.54, 1.807) is 0 Å². The van der Waals surface area contributed by atoms with Crippen molar-refractivity contribution in [3.8, 4) is 0 Å². The van der Waals surface area contributed by atoms with Crippen molar-refractivity contribution in [2.75, 3.05) is 26.2 Å². The van der Waals surface area contributed by atoms with Crippen LogP contribution in [0.25, 0.3) is 0 Å². The van der Waals surface area contributed by atoms with Crippen LogP contribution in [-0.4, -0.2) is 64.6 Å². The van der Waals surface area contributed by atoms with E-state index in [1.807, 2.05) is 0 Å². The average molecular weight is 302 g/mol. The minimum absolute atomic E-state index is 0.00390. The second kappa shape index (κ2) is 5.44. The van der Waals surface area contributed by atoms with E-state index < -0.39 is 10.0 Å². The Kier molecular flexibility index (Phi) is 4.19. The summed E-state index contributed by atoms with van der Waals surface area (Å²) in [6.45, 7) is 8.32. The van der Waals surface area contributed by atoms with E-state index >= 15 is 0 Å². The van der Waals surface area contributed by atoms with Crippen molar-refractivity contribution >= 4 is 10.0 Å². The molecule has 0 bridgehead atoms. The molecule has 20 heavy (non-hydrogen) atoms. The molecular weight excluding hydrogens is 280 g/mol. The van der Waals surface area contributed by atoms with E-state index in [-0.39, 0.29) is 17.2 Å². The number of aromatic nitrogens is 2. The lowest BCUT2D eigenvalue weighted by molar-refractivity contribution is 0.0920. The fourth-order valence-electron chi connectivity index (χ4n) is 2.36. The van der Waals surface area contributed by atoms with Crippen molar-refractivity contribution < 1.29 is 13.5 Å². The molecule has 1 aromatic rings. The minimum atomic E-state index is -3.60. The lowest BCUT2D eigenvalue weighted by Gasteiger charge is -2.41. The zero-order valence-electron chi connectivity index (χ0n) is 12.1. The highest BCUT2D eigenvalue weighted by molar-refractivity contribution is 7.89. The number of aliphatic hydroxyl groups excluding tert-OH is 1. The lowest BCUT2D eigenvalue weighted by Crippen LogP contribution is -2.54. The van der Waals surface area contributed by atoms with Gasteiger partial charge >= 0.3 is 0 Å². The van der Waals surface area contributed by atoms with Crippen LogP contribution in [0.2, 0.25) is 0 Å². The van der Waals surface area contributed by atoms with E-state index in [0.717, 1.165) is 0 Å². The first-order valence-electron chi connectivity index (χ1n) is 6.65. The highest BCUT2D eigenvalue weighted by atomic mass is 32.2. The molecule has 0 aromatic carbocycles. The largest absolute Gasteiger partial charge is 0.392 e. The number of aromatic amines is 1. The van der Waals surface area contributed by atoms with Crippen molar-refractivity contribution in [1.29, 1.82) is 0 Å². The summed E-state index contributed by atoms with van der Waals surface area (Å²) in [5.74, 6) is 0. The van der Waals surface area contributed by atoms with E-state index in [2.05, 4.69) is 35.9 Å². The first-order chi connectivity index (χ1) is 9.26. The van der Waals surface area contributed by atoms with Gasteiger partial charge in [0, 0.05) is 37.3 Å². The molecule has 0 amide bonds. The van der Waals surface area contributed by atoms with Gasteiger partial charge in [-0.05, 0) is 20.8 Å². The van der Waals surface area contributed by atoms with E-state index in [9.17, 15) is 8.42 Å². The highest BCUT2D eigenvalue weighted by Crippen LogP contribution is 2.22. The third-order valence-corrected chi connectivity index (χ3v) is 5.55. The normalized spacial score (nSPS) is 19.4. The molecule has 1 fully saturated rings. The fraction of sp³-hybridized carbons (Fsp3) is 0.750. The molecule has 1 aliphatic heterocycles. The first-order valence-corrected chi connectivity index (χ1v) is 8.09. The molecule has 0 unspecified atom stereocenters. The maximum absolute atomic E-state index is 12.5. The molecule has 0 atom stereocenters. The van der Waals surface area contributed by atoms with Gasteiger partial charge in [-0.2, -0.15) is 9.40 Å². The maximum atomic E-state index is 12.5. The van der Waals surface area contributed by atoms with Crippen LogP contribution in [0.15, 0.2) is 11.2 Å². The second-order valence-corrected chi connectivity index (χ2v) is 7.82. The Bertz CT molecular complexity index is 554. The van der Waals surface area contributed by atoms with Crippen molar-refractivity contribution in [3.63, 3.8) is 0 Å². The average Bonchev–Trinajstić information content (AvgIpc) is 2.87. The predicted octanol–water partition coefficient (Wildman–Crippen LogP) is 0.00680. The summed E-state index contributed by atoms with van der Waals surface area (Å²) in [7, 11) is -3.60. The Morgan fingerprint density at radius 2 is 1.90 bits per heavy atom. The van der Waals surface area contributed by atoms with Crippen LogP contribution < -0.4 is 0 Å². The van der Waals surface area contributed by atoms with Gasteiger partial charge in [0.15, 0.2) is 5.03 Å². The molecule has 0 aliphatic carbocycles. The molecule has 1 aliphatic rings. The molecule has 1 aromatic heterocycles. The van der Waals surface area contributed by atoms with Crippen molar-refractivity contribution in [1.82, 2.24) is 19.4 Å². The monoisotopic (exact) mass is 302 g/mol. The number of rotatable bonds is 3. The lowest BCUT2D eigenvalue weighted by atomic mass is 10.1. The molecule has 0 spiro atoms. The van der Waals surface area contributed by atoms with Crippen LogP contribution in [0.1, 0.15) is 26.3 Å². The van der Waals surface area contributed by atoms with Gasteiger partial charge in [0.05, 0.1) is 12.8 Å². The Hall–Kier alpha value is -0.960. The van der Waals surface area contributed by atoms with Crippen LogP contribution >= 0.6 is 0 Å². The van der Waals surface area contributed by atoms with Gasteiger partial charge in [-0.15, -0.1) is 0 Å². The molecular formula is C12H22N4O3S. The van der Waals surface area contributed by atoms with Gasteiger partial charge in [0.25, 0.3) is 10.0 Å².